The Morgan fingerprint density at radius 3 is 2.52 bits per heavy atom. The topological polar surface area (TPSA) is 104 Å². The number of nitrogens with one attached hydrogen (secondary N) is 1. The third kappa shape index (κ3) is 4.50. The van der Waals surface area contributed by atoms with Gasteiger partial charge in [0.15, 0.2) is 0 Å². The molecule has 1 aromatic carbocycles. The molecule has 0 saturated carbocycles. The van der Waals surface area contributed by atoms with Crippen LogP contribution in [0.4, 0.5) is 15.8 Å². The zero-order valence-electron chi connectivity index (χ0n) is 24.6. The van der Waals surface area contributed by atoms with E-state index < -0.39 is 16.9 Å². The number of carboxylic acids is 1. The first-order valence-electron chi connectivity index (χ1n) is 14.2. The Morgan fingerprint density at radius 1 is 1.12 bits per heavy atom. The molecule has 1 saturated heterocycles. The lowest BCUT2D eigenvalue weighted by atomic mass is 9.97. The summed E-state index contributed by atoms with van der Waals surface area (Å²) in [4.78, 5) is 39.6. The van der Waals surface area contributed by atoms with Gasteiger partial charge < -0.3 is 24.8 Å². The Morgan fingerprint density at radius 2 is 1.86 bits per heavy atom. The number of hydrogen-bond acceptors (Lipinski definition) is 7. The molecule has 0 amide bonds. The smallest absolute Gasteiger partial charge is 0.341 e. The fraction of sp³-hybridized carbons (Fsp3) is 0.375. The number of rotatable bonds is 7. The number of hydrogen-bond donors (Lipinski definition) is 2. The molecule has 4 aromatic rings. The van der Waals surface area contributed by atoms with Gasteiger partial charge >= 0.3 is 5.97 Å². The van der Waals surface area contributed by atoms with Crippen molar-refractivity contribution in [3.05, 3.63) is 69.7 Å². The number of aromatic nitrogens is 3. The summed E-state index contributed by atoms with van der Waals surface area (Å²) >= 11 is 0. The van der Waals surface area contributed by atoms with Crippen molar-refractivity contribution in [1.29, 1.82) is 0 Å². The summed E-state index contributed by atoms with van der Waals surface area (Å²) in [6.45, 7) is 6.78. The Hall–Kier alpha value is -4.31. The molecule has 6 rings (SSSR count). The second kappa shape index (κ2) is 10.2. The molecular formula is C32H35FN6O3. The number of aromatic carboxylic acids is 1. The van der Waals surface area contributed by atoms with Crippen LogP contribution in [0.25, 0.3) is 33.3 Å². The highest BCUT2D eigenvalue weighted by Crippen LogP contribution is 2.48. The summed E-state index contributed by atoms with van der Waals surface area (Å²) in [5.41, 5.74) is 5.39. The summed E-state index contributed by atoms with van der Waals surface area (Å²) in [5.74, 6) is -1.61. The number of halogens is 1. The molecule has 1 aliphatic carbocycles. The highest BCUT2D eigenvalue weighted by atomic mass is 19.1. The molecule has 2 aliphatic rings. The molecule has 4 heterocycles. The van der Waals surface area contributed by atoms with E-state index in [1.165, 1.54) is 12.3 Å². The van der Waals surface area contributed by atoms with Crippen molar-refractivity contribution >= 4 is 28.4 Å². The average molecular weight is 571 g/mol. The minimum absolute atomic E-state index is 0.232. The molecule has 42 heavy (non-hydrogen) atoms. The Labute approximate surface area is 243 Å². The zero-order chi connectivity index (χ0) is 29.9. The third-order valence-electron chi connectivity index (χ3n) is 8.52. The number of pyridine rings is 3. The number of fused-ring (bicyclic) bond motifs is 4. The average Bonchev–Trinajstić information content (AvgIpc) is 3.59. The van der Waals surface area contributed by atoms with E-state index in [1.807, 2.05) is 37.4 Å². The quantitative estimate of drug-likeness (QED) is 0.288. The van der Waals surface area contributed by atoms with Gasteiger partial charge in [0.2, 0.25) is 5.43 Å². The lowest BCUT2D eigenvalue weighted by Crippen LogP contribution is -2.41. The van der Waals surface area contributed by atoms with Crippen LogP contribution in [0.5, 0.6) is 0 Å². The van der Waals surface area contributed by atoms with Crippen LogP contribution >= 0.6 is 0 Å². The van der Waals surface area contributed by atoms with Crippen molar-refractivity contribution in [3.8, 4) is 22.3 Å². The van der Waals surface area contributed by atoms with Crippen molar-refractivity contribution < 1.29 is 14.3 Å². The highest BCUT2D eigenvalue weighted by molar-refractivity contribution is 5.98. The molecule has 1 aliphatic heterocycles. The molecule has 10 heteroatoms. The van der Waals surface area contributed by atoms with Crippen LogP contribution in [0.2, 0.25) is 0 Å². The van der Waals surface area contributed by atoms with Crippen molar-refractivity contribution in [1.82, 2.24) is 19.4 Å². The van der Waals surface area contributed by atoms with E-state index in [1.54, 1.807) is 31.6 Å². The van der Waals surface area contributed by atoms with Gasteiger partial charge in [0.1, 0.15) is 17.0 Å². The minimum atomic E-state index is -1.27. The van der Waals surface area contributed by atoms with Crippen LogP contribution in [0.1, 0.15) is 48.3 Å². The maximum atomic E-state index is 14.7. The van der Waals surface area contributed by atoms with E-state index >= 15 is 0 Å². The molecule has 0 spiro atoms. The van der Waals surface area contributed by atoms with E-state index in [9.17, 15) is 19.1 Å². The van der Waals surface area contributed by atoms with Crippen molar-refractivity contribution in [3.63, 3.8) is 0 Å². The zero-order valence-corrected chi connectivity index (χ0v) is 24.6. The number of nitrogens with zero attached hydrogens (tertiary/aromatic N) is 5. The summed E-state index contributed by atoms with van der Waals surface area (Å²) in [5, 5.41) is 13.3. The van der Waals surface area contributed by atoms with Gasteiger partial charge in [-0.2, -0.15) is 0 Å². The van der Waals surface area contributed by atoms with Crippen LogP contribution in [0, 0.1) is 5.82 Å². The first-order valence-corrected chi connectivity index (χ1v) is 14.2. The molecule has 9 nitrogen and oxygen atoms in total. The van der Waals surface area contributed by atoms with E-state index in [4.69, 9.17) is 9.97 Å². The lowest BCUT2D eigenvalue weighted by Gasteiger charge is -2.34. The predicted molar refractivity (Wildman–Crippen MR) is 163 cm³/mol. The van der Waals surface area contributed by atoms with Gasteiger partial charge in [-0.3, -0.25) is 9.78 Å². The van der Waals surface area contributed by atoms with Crippen LogP contribution in [-0.4, -0.2) is 71.3 Å². The van der Waals surface area contributed by atoms with Crippen LogP contribution < -0.4 is 15.6 Å². The van der Waals surface area contributed by atoms with Crippen molar-refractivity contribution in [2.24, 2.45) is 0 Å². The largest absolute Gasteiger partial charge is 0.477 e. The molecule has 1 fully saturated rings. The summed E-state index contributed by atoms with van der Waals surface area (Å²) < 4.78 is 16.5. The third-order valence-corrected chi connectivity index (χ3v) is 8.52. The Bertz CT molecular complexity index is 1810. The van der Waals surface area contributed by atoms with Gasteiger partial charge in [-0.25, -0.2) is 14.2 Å². The number of benzene rings is 1. The van der Waals surface area contributed by atoms with Gasteiger partial charge in [-0.05, 0) is 69.1 Å². The summed E-state index contributed by atoms with van der Waals surface area (Å²) in [6, 6.07) is 4.75. The van der Waals surface area contributed by atoms with Gasteiger partial charge in [-0.15, -0.1) is 0 Å². The first kappa shape index (κ1) is 27.8. The normalized spacial score (nSPS) is 14.7. The number of likely N-dealkylation sites (tertiary alicyclic amines) is 1. The molecule has 0 atom stereocenters. The monoisotopic (exact) mass is 570 g/mol. The lowest BCUT2D eigenvalue weighted by molar-refractivity contribution is 0.0694. The fourth-order valence-corrected chi connectivity index (χ4v) is 6.61. The van der Waals surface area contributed by atoms with Crippen LogP contribution in [0.15, 0.2) is 41.6 Å². The first-order chi connectivity index (χ1) is 20.0. The number of carbonyl (C=O) groups is 1. The predicted octanol–water partition coefficient (Wildman–Crippen LogP) is 4.81. The standard InChI is InChI=1S/C32H35FN6O3/c1-32(2,17-38-8-6-7-9-38)39-16-24(31(41)42)29(40)22-10-18(14-36-30(22)39)23-15-35-26-13-20-21(27(26)28(23)37(4)5)11-19(33)12-25(20)34-3/h10-12,14-16,34H,6-9,13,17H2,1-5H3,(H,41,42). The second-order valence-electron chi connectivity index (χ2n) is 12.1. The fourth-order valence-electron chi connectivity index (χ4n) is 6.61. The molecule has 0 bridgehead atoms. The Kier molecular flexibility index (Phi) is 6.76. The second-order valence-corrected chi connectivity index (χ2v) is 12.1. The Balaban J connectivity index is 1.56. The molecule has 2 N–H and O–H groups in total. The van der Waals surface area contributed by atoms with Crippen molar-refractivity contribution in [2.75, 3.05) is 51.0 Å². The van der Waals surface area contributed by atoms with Gasteiger partial charge in [0.05, 0.1) is 22.3 Å². The van der Waals surface area contributed by atoms with E-state index in [2.05, 4.69) is 10.2 Å². The van der Waals surface area contributed by atoms with Crippen molar-refractivity contribution in [2.45, 2.75) is 38.6 Å². The SMILES string of the molecule is CNc1cc(F)cc2c1Cc1ncc(-c3cnc4c(c3)c(=O)c(C(=O)O)cn4C(C)(C)CN3CCCC3)c(N(C)C)c1-2. The van der Waals surface area contributed by atoms with Gasteiger partial charge in [-0.1, -0.05) is 0 Å². The van der Waals surface area contributed by atoms with Gasteiger partial charge in [0.25, 0.3) is 0 Å². The molecule has 3 aromatic heterocycles. The van der Waals surface area contributed by atoms with Gasteiger partial charge in [0, 0.05) is 75.1 Å². The molecule has 218 valence electrons. The maximum absolute atomic E-state index is 14.7. The van der Waals surface area contributed by atoms with Crippen LogP contribution in [0.3, 0.4) is 0 Å². The van der Waals surface area contributed by atoms with Crippen LogP contribution in [-0.2, 0) is 12.0 Å². The number of anilines is 2. The molecule has 0 unspecified atom stereocenters. The number of carboxylic acid groups (broad SMARTS) is 1. The maximum Gasteiger partial charge on any atom is 0.341 e. The highest BCUT2D eigenvalue weighted by Gasteiger charge is 2.31. The van der Waals surface area contributed by atoms with E-state index in [0.717, 1.165) is 65.3 Å². The van der Waals surface area contributed by atoms with E-state index in [0.29, 0.717) is 24.2 Å². The molecular weight excluding hydrogens is 535 g/mol. The minimum Gasteiger partial charge on any atom is -0.477 e. The summed E-state index contributed by atoms with van der Waals surface area (Å²) in [6.07, 6.45) is 7.75. The van der Waals surface area contributed by atoms with E-state index in [-0.39, 0.29) is 16.8 Å². The molecule has 0 radical (unpaired) electrons. The summed E-state index contributed by atoms with van der Waals surface area (Å²) in [7, 11) is 5.61.